The summed E-state index contributed by atoms with van der Waals surface area (Å²) in [6, 6.07) is 12.6. The molecular weight excluding hydrogens is 374 g/mol. The van der Waals surface area contributed by atoms with Crippen molar-refractivity contribution in [2.45, 2.75) is 38.0 Å². The third-order valence-corrected chi connectivity index (χ3v) is 5.67. The summed E-state index contributed by atoms with van der Waals surface area (Å²) in [6.07, 6.45) is 0. The third-order valence-electron chi connectivity index (χ3n) is 4.46. The molecule has 1 N–H and O–H groups in total. The van der Waals surface area contributed by atoms with Crippen LogP contribution in [0.5, 0.6) is 0 Å². The average Bonchev–Trinajstić information content (AvgIpc) is 2.64. The quantitative estimate of drug-likeness (QED) is 0.365. The number of amides is 1. The molecule has 0 radical (unpaired) electrons. The van der Waals surface area contributed by atoms with Crippen molar-refractivity contribution < 1.29 is 9.72 Å². The number of hydrogen-bond acceptors (Lipinski definition) is 5. The largest absolute Gasteiger partial charge is 0.325 e. The first-order valence-electron chi connectivity index (χ1n) is 8.85. The van der Waals surface area contributed by atoms with Gasteiger partial charge in [0.1, 0.15) is 5.03 Å². The highest BCUT2D eigenvalue weighted by molar-refractivity contribution is 8.00. The summed E-state index contributed by atoms with van der Waals surface area (Å²) in [6.45, 7) is 7.62. The minimum Gasteiger partial charge on any atom is -0.325 e. The maximum Gasteiger partial charge on any atom is 0.271 e. The number of nitrogens with one attached hydrogen (secondary N) is 1. The molecule has 1 atom stereocenters. The van der Waals surface area contributed by atoms with Crippen LogP contribution in [0.4, 0.5) is 11.4 Å². The molecule has 1 amide bonds. The topological polar surface area (TPSA) is 85.1 Å². The van der Waals surface area contributed by atoms with Crippen LogP contribution < -0.4 is 5.32 Å². The van der Waals surface area contributed by atoms with Crippen molar-refractivity contribution in [1.29, 1.82) is 0 Å². The van der Waals surface area contributed by atoms with Crippen molar-refractivity contribution in [3.05, 3.63) is 69.3 Å². The van der Waals surface area contributed by atoms with Gasteiger partial charge in [0.25, 0.3) is 5.69 Å². The molecule has 0 bridgehead atoms. The number of pyridine rings is 1. The normalized spacial score (nSPS) is 12.0. The van der Waals surface area contributed by atoms with Crippen LogP contribution in [-0.4, -0.2) is 21.1 Å². The van der Waals surface area contributed by atoms with E-state index < -0.39 is 10.2 Å². The maximum absolute atomic E-state index is 12.6. The SMILES string of the molecule is Cc1ccc2nc(SC(C)C(=O)Nc3cc([N+](=O)[O-])ccc3C)c(C)cc2c1. The molecule has 0 aliphatic rings. The molecule has 2 aromatic carbocycles. The second-order valence-electron chi connectivity index (χ2n) is 6.81. The molecule has 0 aliphatic carbocycles. The smallest absolute Gasteiger partial charge is 0.271 e. The highest BCUT2D eigenvalue weighted by atomic mass is 32.2. The fourth-order valence-electron chi connectivity index (χ4n) is 2.82. The fraction of sp³-hybridized carbons (Fsp3) is 0.238. The van der Waals surface area contributed by atoms with E-state index in [1.54, 1.807) is 19.9 Å². The lowest BCUT2D eigenvalue weighted by Gasteiger charge is -2.15. The molecule has 3 rings (SSSR count). The number of rotatable bonds is 5. The second kappa shape index (κ2) is 7.98. The van der Waals surface area contributed by atoms with E-state index in [4.69, 9.17) is 4.98 Å². The Bertz CT molecular complexity index is 1080. The number of nitrogens with zero attached hydrogens (tertiary/aromatic N) is 2. The molecule has 144 valence electrons. The fourth-order valence-corrected chi connectivity index (χ4v) is 3.71. The van der Waals surface area contributed by atoms with E-state index in [0.29, 0.717) is 5.69 Å². The van der Waals surface area contributed by atoms with Gasteiger partial charge in [-0.25, -0.2) is 4.98 Å². The van der Waals surface area contributed by atoms with Crippen LogP contribution in [-0.2, 0) is 4.79 Å². The van der Waals surface area contributed by atoms with E-state index in [9.17, 15) is 14.9 Å². The zero-order valence-corrected chi connectivity index (χ0v) is 17.0. The van der Waals surface area contributed by atoms with E-state index in [1.807, 2.05) is 26.0 Å². The van der Waals surface area contributed by atoms with Crippen molar-refractivity contribution in [2.75, 3.05) is 5.32 Å². The predicted molar refractivity (Wildman–Crippen MR) is 113 cm³/mol. The first-order valence-corrected chi connectivity index (χ1v) is 9.73. The van der Waals surface area contributed by atoms with Crippen molar-refractivity contribution in [1.82, 2.24) is 4.98 Å². The lowest BCUT2D eigenvalue weighted by molar-refractivity contribution is -0.384. The van der Waals surface area contributed by atoms with Gasteiger partial charge in [-0.3, -0.25) is 14.9 Å². The predicted octanol–water partition coefficient (Wildman–Crippen LogP) is 5.19. The van der Waals surface area contributed by atoms with Crippen LogP contribution in [0.15, 0.2) is 47.5 Å². The van der Waals surface area contributed by atoms with Gasteiger partial charge in [0.15, 0.2) is 0 Å². The van der Waals surface area contributed by atoms with E-state index in [1.165, 1.54) is 29.5 Å². The monoisotopic (exact) mass is 395 g/mol. The molecule has 0 spiro atoms. The Kier molecular flexibility index (Phi) is 5.65. The summed E-state index contributed by atoms with van der Waals surface area (Å²) >= 11 is 1.38. The average molecular weight is 395 g/mol. The highest BCUT2D eigenvalue weighted by Crippen LogP contribution is 2.29. The Balaban J connectivity index is 1.78. The van der Waals surface area contributed by atoms with Crippen LogP contribution in [0.1, 0.15) is 23.6 Å². The Morgan fingerprint density at radius 2 is 1.86 bits per heavy atom. The highest BCUT2D eigenvalue weighted by Gasteiger charge is 2.19. The number of aryl methyl sites for hydroxylation is 3. The van der Waals surface area contributed by atoms with Crippen molar-refractivity contribution in [3.63, 3.8) is 0 Å². The van der Waals surface area contributed by atoms with Crippen LogP contribution in [0.2, 0.25) is 0 Å². The number of anilines is 1. The number of nitro benzene ring substituents is 1. The minimum absolute atomic E-state index is 0.0523. The summed E-state index contributed by atoms with van der Waals surface area (Å²) in [5, 5.41) is 15.2. The number of thioether (sulfide) groups is 1. The molecule has 0 fully saturated rings. The number of carbonyl (C=O) groups excluding carboxylic acids is 1. The van der Waals surface area contributed by atoms with Crippen LogP contribution in [0, 0.1) is 30.9 Å². The summed E-state index contributed by atoms with van der Waals surface area (Å²) in [7, 11) is 0. The molecular formula is C21H21N3O3S. The number of non-ortho nitro benzene ring substituents is 1. The summed E-state index contributed by atoms with van der Waals surface area (Å²) in [5.74, 6) is -0.223. The number of benzene rings is 2. The zero-order chi connectivity index (χ0) is 20.4. The van der Waals surface area contributed by atoms with Gasteiger partial charge in [0.05, 0.1) is 21.4 Å². The molecule has 7 heteroatoms. The molecule has 1 heterocycles. The Labute approximate surface area is 167 Å². The third kappa shape index (κ3) is 4.31. The second-order valence-corrected chi connectivity index (χ2v) is 8.14. The molecule has 1 unspecified atom stereocenters. The number of carbonyl (C=O) groups is 1. The summed E-state index contributed by atoms with van der Waals surface area (Å²) in [4.78, 5) is 27.8. The first-order chi connectivity index (χ1) is 13.2. The Morgan fingerprint density at radius 1 is 1.11 bits per heavy atom. The Hall–Kier alpha value is -2.93. The van der Waals surface area contributed by atoms with Gasteiger partial charge in [-0.15, -0.1) is 0 Å². The molecule has 6 nitrogen and oxygen atoms in total. The van der Waals surface area contributed by atoms with E-state index in [2.05, 4.69) is 17.4 Å². The number of fused-ring (bicyclic) bond motifs is 1. The van der Waals surface area contributed by atoms with Crippen LogP contribution >= 0.6 is 11.8 Å². The maximum atomic E-state index is 12.6. The number of nitro groups is 1. The van der Waals surface area contributed by atoms with Gasteiger partial charge >= 0.3 is 0 Å². The summed E-state index contributed by atoms with van der Waals surface area (Å²) < 4.78 is 0. The van der Waals surface area contributed by atoms with E-state index in [-0.39, 0.29) is 11.6 Å². The van der Waals surface area contributed by atoms with Crippen LogP contribution in [0.25, 0.3) is 10.9 Å². The van der Waals surface area contributed by atoms with Gasteiger partial charge in [-0.2, -0.15) is 0 Å². The van der Waals surface area contributed by atoms with Crippen LogP contribution in [0.3, 0.4) is 0 Å². The first kappa shape index (κ1) is 19.8. The van der Waals surface area contributed by atoms with Gasteiger partial charge in [0.2, 0.25) is 5.91 Å². The van der Waals surface area contributed by atoms with Crippen molar-refractivity contribution in [3.8, 4) is 0 Å². The van der Waals surface area contributed by atoms with E-state index in [0.717, 1.165) is 27.1 Å². The molecule has 0 saturated heterocycles. The molecule has 0 saturated carbocycles. The zero-order valence-electron chi connectivity index (χ0n) is 16.1. The van der Waals surface area contributed by atoms with Gasteiger partial charge in [-0.05, 0) is 57.0 Å². The lowest BCUT2D eigenvalue weighted by atomic mass is 10.1. The molecule has 3 aromatic rings. The minimum atomic E-state index is -0.475. The number of aromatic nitrogens is 1. The van der Waals surface area contributed by atoms with Gasteiger partial charge in [0, 0.05) is 17.5 Å². The molecule has 1 aromatic heterocycles. The van der Waals surface area contributed by atoms with E-state index >= 15 is 0 Å². The standard InChI is InChI=1S/C21H21N3O3S/c1-12-5-8-18-16(9-12)10-14(3)21(23-18)28-15(4)20(25)22-19-11-17(24(26)27)7-6-13(19)2/h5-11,15H,1-4H3,(H,22,25). The molecule has 0 aliphatic heterocycles. The lowest BCUT2D eigenvalue weighted by Crippen LogP contribution is -2.23. The van der Waals surface area contributed by atoms with Gasteiger partial charge < -0.3 is 5.32 Å². The number of hydrogen-bond donors (Lipinski definition) is 1. The summed E-state index contributed by atoms with van der Waals surface area (Å²) in [5.41, 5.74) is 4.24. The Morgan fingerprint density at radius 3 is 2.57 bits per heavy atom. The molecule has 28 heavy (non-hydrogen) atoms. The van der Waals surface area contributed by atoms with Gasteiger partial charge in [-0.1, -0.05) is 29.5 Å². The van der Waals surface area contributed by atoms with Crippen molar-refractivity contribution >= 4 is 39.9 Å². The van der Waals surface area contributed by atoms with Crippen molar-refractivity contribution in [2.24, 2.45) is 0 Å².